The summed E-state index contributed by atoms with van der Waals surface area (Å²) in [7, 11) is 0. The third-order valence-electron chi connectivity index (χ3n) is 2.16. The summed E-state index contributed by atoms with van der Waals surface area (Å²) in [5.74, 6) is 1.09. The van der Waals surface area contributed by atoms with Gasteiger partial charge in [-0.1, -0.05) is 13.3 Å². The smallest absolute Gasteiger partial charge is 0.257 e. The van der Waals surface area contributed by atoms with E-state index >= 15 is 0 Å². The van der Waals surface area contributed by atoms with Crippen molar-refractivity contribution < 1.29 is 0 Å². The minimum absolute atomic E-state index is 0.185. The molecule has 3 N–H and O–H groups in total. The standard InChI is InChI=1S/C10H15N7/c1-2-3-5-12-9-14-8(11)15-10(16-9)17-7-4-6-13-17/h4,6-7H,2-3,5H2,1H3,(H3,11,12,14,15,16). The fourth-order valence-corrected chi connectivity index (χ4v) is 1.33. The van der Waals surface area contributed by atoms with Gasteiger partial charge in [-0.2, -0.15) is 20.1 Å². The Morgan fingerprint density at radius 1 is 1.35 bits per heavy atom. The Labute approximate surface area is 99.1 Å². The van der Waals surface area contributed by atoms with Gasteiger partial charge in [0, 0.05) is 18.9 Å². The van der Waals surface area contributed by atoms with E-state index < -0.39 is 0 Å². The second-order valence-corrected chi connectivity index (χ2v) is 3.55. The van der Waals surface area contributed by atoms with Gasteiger partial charge in [0.1, 0.15) is 0 Å². The van der Waals surface area contributed by atoms with Gasteiger partial charge in [0.05, 0.1) is 0 Å². The van der Waals surface area contributed by atoms with Gasteiger partial charge >= 0.3 is 0 Å². The monoisotopic (exact) mass is 233 g/mol. The number of rotatable bonds is 5. The van der Waals surface area contributed by atoms with Crippen molar-refractivity contribution in [2.24, 2.45) is 0 Å². The van der Waals surface area contributed by atoms with Crippen LogP contribution >= 0.6 is 0 Å². The highest BCUT2D eigenvalue weighted by Crippen LogP contribution is 2.06. The third-order valence-corrected chi connectivity index (χ3v) is 2.16. The van der Waals surface area contributed by atoms with E-state index in [1.54, 1.807) is 23.1 Å². The summed E-state index contributed by atoms with van der Waals surface area (Å²) < 4.78 is 1.54. The Bertz CT molecular complexity index is 466. The van der Waals surface area contributed by atoms with Gasteiger partial charge in [0.2, 0.25) is 11.9 Å². The second kappa shape index (κ2) is 5.24. The van der Waals surface area contributed by atoms with Crippen molar-refractivity contribution in [3.63, 3.8) is 0 Å². The maximum absolute atomic E-state index is 5.63. The minimum Gasteiger partial charge on any atom is -0.368 e. The fourth-order valence-electron chi connectivity index (χ4n) is 1.33. The molecule has 2 aromatic heterocycles. The van der Waals surface area contributed by atoms with Crippen LogP contribution in [0.4, 0.5) is 11.9 Å². The van der Waals surface area contributed by atoms with Gasteiger partial charge in [-0.3, -0.25) is 0 Å². The zero-order valence-electron chi connectivity index (χ0n) is 9.67. The molecule has 0 atom stereocenters. The first-order chi connectivity index (χ1) is 8.29. The van der Waals surface area contributed by atoms with Crippen LogP contribution in [0.1, 0.15) is 19.8 Å². The molecule has 7 nitrogen and oxygen atoms in total. The zero-order valence-corrected chi connectivity index (χ0v) is 9.67. The van der Waals surface area contributed by atoms with E-state index in [0.717, 1.165) is 19.4 Å². The normalized spacial score (nSPS) is 10.4. The van der Waals surface area contributed by atoms with Crippen LogP contribution in [0.25, 0.3) is 5.95 Å². The Balaban J connectivity index is 2.18. The van der Waals surface area contributed by atoms with Crippen LogP contribution in [-0.4, -0.2) is 31.3 Å². The van der Waals surface area contributed by atoms with E-state index in [1.807, 2.05) is 0 Å². The summed E-state index contributed by atoms with van der Waals surface area (Å²) in [6, 6.07) is 1.80. The Morgan fingerprint density at radius 3 is 2.94 bits per heavy atom. The number of nitrogens with two attached hydrogens (primary N) is 1. The lowest BCUT2D eigenvalue weighted by Gasteiger charge is -2.06. The Morgan fingerprint density at radius 2 is 2.24 bits per heavy atom. The molecule has 0 aliphatic heterocycles. The lowest BCUT2D eigenvalue weighted by molar-refractivity contribution is 0.788. The van der Waals surface area contributed by atoms with Gasteiger partial charge in [-0.25, -0.2) is 4.68 Å². The highest BCUT2D eigenvalue weighted by molar-refractivity contribution is 5.34. The van der Waals surface area contributed by atoms with Crippen LogP contribution in [0.2, 0.25) is 0 Å². The number of nitrogens with one attached hydrogen (secondary N) is 1. The van der Waals surface area contributed by atoms with Crippen molar-refractivity contribution in [1.29, 1.82) is 0 Å². The highest BCUT2D eigenvalue weighted by Gasteiger charge is 2.05. The first kappa shape index (κ1) is 11.3. The molecule has 0 amide bonds. The molecular formula is C10H15N7. The first-order valence-electron chi connectivity index (χ1n) is 5.55. The van der Waals surface area contributed by atoms with E-state index in [-0.39, 0.29) is 5.95 Å². The van der Waals surface area contributed by atoms with Crippen LogP contribution < -0.4 is 11.1 Å². The van der Waals surface area contributed by atoms with Crippen LogP contribution in [-0.2, 0) is 0 Å². The highest BCUT2D eigenvalue weighted by atomic mass is 15.4. The van der Waals surface area contributed by atoms with Crippen molar-refractivity contribution in [2.45, 2.75) is 19.8 Å². The van der Waals surface area contributed by atoms with Crippen LogP contribution in [0.15, 0.2) is 18.5 Å². The van der Waals surface area contributed by atoms with Crippen LogP contribution in [0, 0.1) is 0 Å². The Hall–Kier alpha value is -2.18. The summed E-state index contributed by atoms with van der Waals surface area (Å²) in [5.41, 5.74) is 5.63. The summed E-state index contributed by atoms with van der Waals surface area (Å²) in [4.78, 5) is 12.3. The average molecular weight is 233 g/mol. The molecule has 17 heavy (non-hydrogen) atoms. The number of aromatic nitrogens is 5. The molecule has 0 bridgehead atoms. The van der Waals surface area contributed by atoms with Crippen molar-refractivity contribution in [1.82, 2.24) is 24.7 Å². The molecule has 90 valence electrons. The van der Waals surface area contributed by atoms with Gasteiger partial charge < -0.3 is 11.1 Å². The number of hydrogen-bond acceptors (Lipinski definition) is 6. The molecule has 7 heteroatoms. The Kier molecular flexibility index (Phi) is 3.49. The summed E-state index contributed by atoms with van der Waals surface area (Å²) in [5, 5.41) is 7.15. The van der Waals surface area contributed by atoms with Gasteiger partial charge in [0.15, 0.2) is 0 Å². The summed E-state index contributed by atoms with van der Waals surface area (Å²) in [6.45, 7) is 2.94. The molecule has 2 heterocycles. The maximum atomic E-state index is 5.63. The molecule has 0 aliphatic carbocycles. The molecule has 2 rings (SSSR count). The molecule has 2 aromatic rings. The number of anilines is 2. The molecule has 0 saturated heterocycles. The predicted octanol–water partition coefficient (Wildman–Crippen LogP) is 0.851. The van der Waals surface area contributed by atoms with Crippen LogP contribution in [0.5, 0.6) is 0 Å². The topological polar surface area (TPSA) is 94.5 Å². The number of nitrogen functional groups attached to an aromatic ring is 1. The summed E-state index contributed by atoms with van der Waals surface area (Å²) in [6.07, 6.45) is 5.58. The summed E-state index contributed by atoms with van der Waals surface area (Å²) >= 11 is 0. The van der Waals surface area contributed by atoms with Gasteiger partial charge in [0.25, 0.3) is 5.95 Å². The molecule has 0 aromatic carbocycles. The van der Waals surface area contributed by atoms with Crippen LogP contribution in [0.3, 0.4) is 0 Å². The lowest BCUT2D eigenvalue weighted by Crippen LogP contribution is -2.12. The maximum Gasteiger partial charge on any atom is 0.257 e. The van der Waals surface area contributed by atoms with E-state index in [9.17, 15) is 0 Å². The van der Waals surface area contributed by atoms with Crippen molar-refractivity contribution in [3.8, 4) is 5.95 Å². The van der Waals surface area contributed by atoms with E-state index in [4.69, 9.17) is 5.73 Å². The van der Waals surface area contributed by atoms with Gasteiger partial charge in [-0.15, -0.1) is 0 Å². The molecule has 0 fully saturated rings. The van der Waals surface area contributed by atoms with E-state index in [2.05, 4.69) is 32.3 Å². The minimum atomic E-state index is 0.185. The molecule has 0 unspecified atom stereocenters. The third kappa shape index (κ3) is 2.90. The van der Waals surface area contributed by atoms with Crippen molar-refractivity contribution in [2.75, 3.05) is 17.6 Å². The number of unbranched alkanes of at least 4 members (excludes halogenated alkanes) is 1. The predicted molar refractivity (Wildman–Crippen MR) is 64.8 cm³/mol. The molecular weight excluding hydrogens is 218 g/mol. The zero-order chi connectivity index (χ0) is 12.1. The van der Waals surface area contributed by atoms with Gasteiger partial charge in [-0.05, 0) is 12.5 Å². The number of nitrogens with zero attached hydrogens (tertiary/aromatic N) is 5. The SMILES string of the molecule is CCCCNc1nc(N)nc(-n2cccn2)n1. The average Bonchev–Trinajstić information content (AvgIpc) is 2.82. The molecule has 0 spiro atoms. The lowest BCUT2D eigenvalue weighted by atomic mass is 10.3. The number of hydrogen-bond donors (Lipinski definition) is 2. The second-order valence-electron chi connectivity index (χ2n) is 3.55. The molecule has 0 saturated carbocycles. The molecule has 0 radical (unpaired) electrons. The van der Waals surface area contributed by atoms with E-state index in [1.165, 1.54) is 0 Å². The van der Waals surface area contributed by atoms with Crippen molar-refractivity contribution in [3.05, 3.63) is 18.5 Å². The quantitative estimate of drug-likeness (QED) is 0.743. The fraction of sp³-hybridized carbons (Fsp3) is 0.400. The van der Waals surface area contributed by atoms with Crippen molar-refractivity contribution >= 4 is 11.9 Å². The molecule has 0 aliphatic rings. The van der Waals surface area contributed by atoms with E-state index in [0.29, 0.717) is 11.9 Å². The first-order valence-corrected chi connectivity index (χ1v) is 5.55. The largest absolute Gasteiger partial charge is 0.368 e.